The van der Waals surface area contributed by atoms with Crippen LogP contribution in [-0.2, 0) is 0 Å². The number of halogens is 5. The fraction of sp³-hybridized carbons (Fsp3) is 0.143. The molecule has 0 heterocycles. The Hall–Kier alpha value is -1.95. The molecule has 20 heavy (non-hydrogen) atoms. The number of benzene rings is 2. The summed E-state index contributed by atoms with van der Waals surface area (Å²) in [7, 11) is 1.37. The molecule has 1 unspecified atom stereocenters. The minimum Gasteiger partial charge on any atom is -0.309 e. The first-order valence-electron chi connectivity index (χ1n) is 5.71. The molecule has 2 aromatic rings. The number of nitrogens with one attached hydrogen (secondary N) is 1. The minimum atomic E-state index is -1.35. The van der Waals surface area contributed by atoms with Crippen molar-refractivity contribution in [3.8, 4) is 0 Å². The highest BCUT2D eigenvalue weighted by atomic mass is 19.2. The number of rotatable bonds is 3. The number of hydrogen-bond donors (Lipinski definition) is 1. The van der Waals surface area contributed by atoms with Crippen LogP contribution in [0.25, 0.3) is 0 Å². The van der Waals surface area contributed by atoms with Crippen LogP contribution in [0.1, 0.15) is 17.2 Å². The standard InChI is InChI=1S/C14H10F5N/c1-20-14(7-3-2-4-9(15)13(7)19)8-5-11(17)12(18)6-10(8)16/h2-6,14,20H,1H3. The van der Waals surface area contributed by atoms with Gasteiger partial charge in [-0.25, -0.2) is 22.0 Å². The van der Waals surface area contributed by atoms with E-state index in [9.17, 15) is 22.0 Å². The Kier molecular flexibility index (Phi) is 4.04. The third kappa shape index (κ3) is 2.51. The molecule has 0 aliphatic rings. The van der Waals surface area contributed by atoms with Crippen LogP contribution in [0.15, 0.2) is 30.3 Å². The molecule has 6 heteroatoms. The van der Waals surface area contributed by atoms with Crippen molar-refractivity contribution >= 4 is 0 Å². The fourth-order valence-electron chi connectivity index (χ4n) is 1.98. The SMILES string of the molecule is CNC(c1cc(F)c(F)cc1F)c1cccc(F)c1F. The van der Waals surface area contributed by atoms with Crippen LogP contribution in [0.2, 0.25) is 0 Å². The Bertz CT molecular complexity index is 642. The van der Waals surface area contributed by atoms with E-state index in [0.717, 1.165) is 6.07 Å². The molecular weight excluding hydrogens is 277 g/mol. The molecule has 0 aliphatic heterocycles. The van der Waals surface area contributed by atoms with E-state index in [1.165, 1.54) is 19.2 Å². The van der Waals surface area contributed by atoms with Crippen molar-refractivity contribution < 1.29 is 22.0 Å². The molecule has 0 radical (unpaired) electrons. The Labute approximate surface area is 112 Å². The van der Waals surface area contributed by atoms with Crippen molar-refractivity contribution in [2.45, 2.75) is 6.04 Å². The number of hydrogen-bond acceptors (Lipinski definition) is 1. The second-order valence-corrected chi connectivity index (χ2v) is 4.15. The van der Waals surface area contributed by atoms with Crippen LogP contribution in [0.5, 0.6) is 0 Å². The highest BCUT2D eigenvalue weighted by Gasteiger charge is 2.23. The minimum absolute atomic E-state index is 0.197. The van der Waals surface area contributed by atoms with E-state index in [1.807, 2.05) is 0 Å². The predicted molar refractivity (Wildman–Crippen MR) is 63.6 cm³/mol. The lowest BCUT2D eigenvalue weighted by Crippen LogP contribution is -2.21. The summed E-state index contributed by atoms with van der Waals surface area (Å²) in [4.78, 5) is 0. The molecule has 2 rings (SSSR count). The van der Waals surface area contributed by atoms with Gasteiger partial charge in [-0.2, -0.15) is 0 Å². The van der Waals surface area contributed by atoms with Gasteiger partial charge in [-0.3, -0.25) is 0 Å². The van der Waals surface area contributed by atoms with E-state index in [4.69, 9.17) is 0 Å². The van der Waals surface area contributed by atoms with E-state index >= 15 is 0 Å². The van der Waals surface area contributed by atoms with Gasteiger partial charge in [0.15, 0.2) is 23.3 Å². The summed E-state index contributed by atoms with van der Waals surface area (Å²) in [5, 5.41) is 2.55. The zero-order valence-electron chi connectivity index (χ0n) is 10.4. The van der Waals surface area contributed by atoms with Crippen molar-refractivity contribution in [3.05, 3.63) is 70.5 Å². The predicted octanol–water partition coefficient (Wildman–Crippen LogP) is 3.69. The van der Waals surface area contributed by atoms with Crippen LogP contribution in [0.4, 0.5) is 22.0 Å². The van der Waals surface area contributed by atoms with Gasteiger partial charge in [0.1, 0.15) is 5.82 Å². The topological polar surface area (TPSA) is 12.0 Å². The summed E-state index contributed by atoms with van der Waals surface area (Å²) in [5.41, 5.74) is -0.506. The second-order valence-electron chi connectivity index (χ2n) is 4.15. The summed E-state index contributed by atoms with van der Waals surface area (Å²) in [6.45, 7) is 0. The van der Waals surface area contributed by atoms with E-state index < -0.39 is 35.1 Å². The summed E-state index contributed by atoms with van der Waals surface area (Å²) < 4.78 is 66.8. The largest absolute Gasteiger partial charge is 0.309 e. The molecule has 1 atom stereocenters. The first-order chi connectivity index (χ1) is 9.45. The maximum atomic E-state index is 13.7. The molecule has 0 amide bonds. The molecule has 0 aliphatic carbocycles. The fourth-order valence-corrected chi connectivity index (χ4v) is 1.98. The molecule has 1 nitrogen and oxygen atoms in total. The van der Waals surface area contributed by atoms with Crippen LogP contribution in [0.3, 0.4) is 0 Å². The normalized spacial score (nSPS) is 12.5. The molecule has 1 N–H and O–H groups in total. The summed E-state index contributed by atoms with van der Waals surface area (Å²) in [5.74, 6) is -5.94. The molecule has 106 valence electrons. The van der Waals surface area contributed by atoms with Crippen LogP contribution in [0, 0.1) is 29.1 Å². The first kappa shape index (κ1) is 14.5. The van der Waals surface area contributed by atoms with Crippen LogP contribution < -0.4 is 5.32 Å². The molecule has 0 saturated carbocycles. The van der Waals surface area contributed by atoms with Gasteiger partial charge in [0.05, 0.1) is 6.04 Å². The lowest BCUT2D eigenvalue weighted by Gasteiger charge is -2.19. The summed E-state index contributed by atoms with van der Waals surface area (Å²) in [6.07, 6.45) is 0. The Morgan fingerprint density at radius 3 is 2.10 bits per heavy atom. The lowest BCUT2D eigenvalue weighted by molar-refractivity contribution is 0.469. The van der Waals surface area contributed by atoms with Gasteiger partial charge in [-0.05, 0) is 19.2 Å². The highest BCUT2D eigenvalue weighted by Crippen LogP contribution is 2.28. The molecule has 0 saturated heterocycles. The summed E-state index contributed by atoms with van der Waals surface area (Å²) in [6, 6.07) is 3.24. The monoisotopic (exact) mass is 287 g/mol. The highest BCUT2D eigenvalue weighted by molar-refractivity contribution is 5.34. The maximum absolute atomic E-state index is 13.7. The van der Waals surface area contributed by atoms with Gasteiger partial charge in [-0.15, -0.1) is 0 Å². The van der Waals surface area contributed by atoms with Crippen LogP contribution >= 0.6 is 0 Å². The first-order valence-corrected chi connectivity index (χ1v) is 5.71. The van der Waals surface area contributed by atoms with E-state index in [2.05, 4.69) is 5.32 Å². The van der Waals surface area contributed by atoms with Gasteiger partial charge in [0, 0.05) is 17.2 Å². The van der Waals surface area contributed by atoms with Crippen molar-refractivity contribution in [3.63, 3.8) is 0 Å². The molecule has 2 aromatic carbocycles. The van der Waals surface area contributed by atoms with Gasteiger partial charge in [-0.1, -0.05) is 12.1 Å². The van der Waals surface area contributed by atoms with E-state index in [0.29, 0.717) is 12.1 Å². The van der Waals surface area contributed by atoms with Gasteiger partial charge in [0.25, 0.3) is 0 Å². The molecule has 0 aromatic heterocycles. The van der Waals surface area contributed by atoms with E-state index in [-0.39, 0.29) is 11.1 Å². The molecule has 0 fully saturated rings. The molecule has 0 bridgehead atoms. The van der Waals surface area contributed by atoms with Crippen molar-refractivity contribution in [1.82, 2.24) is 5.32 Å². The van der Waals surface area contributed by atoms with Crippen molar-refractivity contribution in [2.75, 3.05) is 7.05 Å². The van der Waals surface area contributed by atoms with Crippen molar-refractivity contribution in [2.24, 2.45) is 0 Å². The average molecular weight is 287 g/mol. The average Bonchev–Trinajstić information content (AvgIpc) is 2.41. The molecular formula is C14H10F5N. The quantitative estimate of drug-likeness (QED) is 0.670. The third-order valence-electron chi connectivity index (χ3n) is 2.93. The van der Waals surface area contributed by atoms with Gasteiger partial charge < -0.3 is 5.32 Å². The summed E-state index contributed by atoms with van der Waals surface area (Å²) >= 11 is 0. The zero-order chi connectivity index (χ0) is 14.9. The van der Waals surface area contributed by atoms with Gasteiger partial charge in [0.2, 0.25) is 0 Å². The van der Waals surface area contributed by atoms with E-state index in [1.54, 1.807) is 0 Å². The van der Waals surface area contributed by atoms with Gasteiger partial charge >= 0.3 is 0 Å². The second kappa shape index (κ2) is 5.58. The zero-order valence-corrected chi connectivity index (χ0v) is 10.4. The van der Waals surface area contributed by atoms with Crippen molar-refractivity contribution in [1.29, 1.82) is 0 Å². The lowest BCUT2D eigenvalue weighted by atomic mass is 9.97. The molecule has 0 spiro atoms. The van der Waals surface area contributed by atoms with Crippen LogP contribution in [-0.4, -0.2) is 7.05 Å². The maximum Gasteiger partial charge on any atom is 0.163 e. The Morgan fingerprint density at radius 2 is 1.45 bits per heavy atom. The smallest absolute Gasteiger partial charge is 0.163 e. The Balaban J connectivity index is 2.58. The Morgan fingerprint density at radius 1 is 0.800 bits per heavy atom. The third-order valence-corrected chi connectivity index (χ3v) is 2.93.